The lowest BCUT2D eigenvalue weighted by Crippen LogP contribution is -2.34. The van der Waals surface area contributed by atoms with Gasteiger partial charge in [0.25, 0.3) is 0 Å². The molecule has 0 spiro atoms. The van der Waals surface area contributed by atoms with Gasteiger partial charge in [0, 0.05) is 25.2 Å². The Labute approximate surface area is 172 Å². The lowest BCUT2D eigenvalue weighted by atomic mass is 10.0. The molecule has 1 aliphatic heterocycles. The largest absolute Gasteiger partial charge is 0.497 e. The zero-order valence-corrected chi connectivity index (χ0v) is 17.9. The highest BCUT2D eigenvalue weighted by molar-refractivity contribution is 7.89. The lowest BCUT2D eigenvalue weighted by Gasteiger charge is -2.25. The van der Waals surface area contributed by atoms with Crippen LogP contribution in [0.3, 0.4) is 0 Å². The molecule has 0 aliphatic carbocycles. The van der Waals surface area contributed by atoms with Crippen LogP contribution < -0.4 is 18.9 Å². The SMILES string of the molecule is COc1ccc(C2CCCN2CCNS(=O)(=O)c2ccc(OC)c(OC)c2)cc1. The number of sulfonamides is 1. The summed E-state index contributed by atoms with van der Waals surface area (Å²) in [5.41, 5.74) is 1.23. The van der Waals surface area contributed by atoms with Crippen molar-refractivity contribution in [2.45, 2.75) is 23.8 Å². The maximum absolute atomic E-state index is 12.7. The van der Waals surface area contributed by atoms with Crippen molar-refractivity contribution >= 4 is 10.0 Å². The fourth-order valence-electron chi connectivity index (χ4n) is 3.69. The van der Waals surface area contributed by atoms with Crippen LogP contribution in [0.4, 0.5) is 0 Å². The summed E-state index contributed by atoms with van der Waals surface area (Å²) in [7, 11) is 1.02. The average Bonchev–Trinajstić information content (AvgIpc) is 3.21. The number of nitrogens with zero attached hydrogens (tertiary/aromatic N) is 1. The molecule has 0 aromatic heterocycles. The van der Waals surface area contributed by atoms with Gasteiger partial charge >= 0.3 is 0 Å². The van der Waals surface area contributed by atoms with Gasteiger partial charge in [-0.05, 0) is 49.2 Å². The predicted octanol–water partition coefficient (Wildman–Crippen LogP) is 2.83. The van der Waals surface area contributed by atoms with Gasteiger partial charge in [0.1, 0.15) is 5.75 Å². The van der Waals surface area contributed by atoms with E-state index in [4.69, 9.17) is 14.2 Å². The summed E-state index contributed by atoms with van der Waals surface area (Å²) in [5, 5.41) is 0. The third kappa shape index (κ3) is 5.01. The lowest BCUT2D eigenvalue weighted by molar-refractivity contribution is 0.261. The highest BCUT2D eigenvalue weighted by Crippen LogP contribution is 2.32. The van der Waals surface area contributed by atoms with Gasteiger partial charge in [-0.25, -0.2) is 13.1 Å². The topological polar surface area (TPSA) is 77.1 Å². The molecule has 0 saturated carbocycles. The molecule has 2 aromatic rings. The van der Waals surface area contributed by atoms with Crippen LogP contribution in [0.2, 0.25) is 0 Å². The number of methoxy groups -OCH3 is 3. The zero-order chi connectivity index (χ0) is 20.9. The first-order valence-corrected chi connectivity index (χ1v) is 11.1. The molecule has 7 nitrogen and oxygen atoms in total. The molecule has 1 aliphatic rings. The molecule has 158 valence electrons. The van der Waals surface area contributed by atoms with E-state index in [0.717, 1.165) is 25.1 Å². The summed E-state index contributed by atoms with van der Waals surface area (Å²) in [6.07, 6.45) is 2.16. The maximum Gasteiger partial charge on any atom is 0.240 e. The molecule has 1 heterocycles. The minimum absolute atomic E-state index is 0.156. The Morgan fingerprint density at radius 1 is 1.00 bits per heavy atom. The highest BCUT2D eigenvalue weighted by atomic mass is 32.2. The van der Waals surface area contributed by atoms with Gasteiger partial charge in [-0.1, -0.05) is 12.1 Å². The molecule has 8 heteroatoms. The Hall–Kier alpha value is -2.29. The molecule has 1 unspecified atom stereocenters. The van der Waals surface area contributed by atoms with Crippen molar-refractivity contribution in [1.29, 1.82) is 0 Å². The summed E-state index contributed by atoms with van der Waals surface area (Å²) in [6, 6.07) is 13.0. The van der Waals surface area contributed by atoms with Crippen LogP contribution in [0.25, 0.3) is 0 Å². The van der Waals surface area contributed by atoms with Crippen LogP contribution in [0.5, 0.6) is 17.2 Å². The van der Waals surface area contributed by atoms with Gasteiger partial charge in [0.2, 0.25) is 10.0 Å². The first-order chi connectivity index (χ1) is 14.0. The molecular formula is C21H28N2O5S. The van der Waals surface area contributed by atoms with Gasteiger partial charge < -0.3 is 14.2 Å². The Balaban J connectivity index is 1.62. The highest BCUT2D eigenvalue weighted by Gasteiger charge is 2.26. The fraction of sp³-hybridized carbons (Fsp3) is 0.429. The third-order valence-electron chi connectivity index (χ3n) is 5.22. The van der Waals surface area contributed by atoms with Crippen molar-refractivity contribution in [2.24, 2.45) is 0 Å². The van der Waals surface area contributed by atoms with E-state index in [1.54, 1.807) is 13.2 Å². The minimum atomic E-state index is -3.63. The van der Waals surface area contributed by atoms with Crippen LogP contribution in [-0.2, 0) is 10.0 Å². The van der Waals surface area contributed by atoms with Crippen molar-refractivity contribution in [3.8, 4) is 17.2 Å². The molecule has 1 fully saturated rings. The summed E-state index contributed by atoms with van der Waals surface area (Å²) in [4.78, 5) is 2.47. The number of benzene rings is 2. The first-order valence-electron chi connectivity index (χ1n) is 9.58. The molecule has 0 radical (unpaired) electrons. The molecule has 3 rings (SSSR count). The fourth-order valence-corrected chi connectivity index (χ4v) is 4.72. The van der Waals surface area contributed by atoms with Crippen LogP contribution >= 0.6 is 0 Å². The monoisotopic (exact) mass is 420 g/mol. The summed E-state index contributed by atoms with van der Waals surface area (Å²) in [6.45, 7) is 1.93. The Morgan fingerprint density at radius 2 is 1.72 bits per heavy atom. The Morgan fingerprint density at radius 3 is 2.38 bits per heavy atom. The molecule has 1 atom stereocenters. The Kier molecular flexibility index (Phi) is 7.00. The molecule has 1 saturated heterocycles. The minimum Gasteiger partial charge on any atom is -0.497 e. The maximum atomic E-state index is 12.7. The van der Waals surface area contributed by atoms with Crippen LogP contribution in [-0.4, -0.2) is 54.3 Å². The van der Waals surface area contributed by atoms with Gasteiger partial charge in [0.05, 0.1) is 26.2 Å². The number of hydrogen-bond donors (Lipinski definition) is 1. The van der Waals surface area contributed by atoms with Crippen molar-refractivity contribution in [3.63, 3.8) is 0 Å². The third-order valence-corrected chi connectivity index (χ3v) is 6.68. The van der Waals surface area contributed by atoms with E-state index in [1.807, 2.05) is 12.1 Å². The van der Waals surface area contributed by atoms with Crippen LogP contribution in [0.15, 0.2) is 47.4 Å². The van der Waals surface area contributed by atoms with E-state index < -0.39 is 10.0 Å². The first kappa shape index (κ1) is 21.4. The second-order valence-corrected chi connectivity index (χ2v) is 8.65. The van der Waals surface area contributed by atoms with E-state index in [9.17, 15) is 8.42 Å². The number of nitrogens with one attached hydrogen (secondary N) is 1. The smallest absolute Gasteiger partial charge is 0.240 e. The van der Waals surface area contributed by atoms with Gasteiger partial charge in [0.15, 0.2) is 11.5 Å². The van der Waals surface area contributed by atoms with Crippen LogP contribution in [0, 0.1) is 0 Å². The average molecular weight is 421 g/mol. The van der Waals surface area contributed by atoms with E-state index >= 15 is 0 Å². The molecule has 2 aromatic carbocycles. The standard InChI is InChI=1S/C21H28N2O5S/c1-26-17-8-6-16(7-9-17)19-5-4-13-23(19)14-12-22-29(24,25)18-10-11-20(27-2)21(15-18)28-3/h6-11,15,19,22H,4-5,12-14H2,1-3H3. The quantitative estimate of drug-likeness (QED) is 0.672. The van der Waals surface area contributed by atoms with E-state index in [0.29, 0.717) is 30.6 Å². The number of ether oxygens (including phenoxy) is 3. The van der Waals surface area contributed by atoms with Crippen molar-refractivity contribution < 1.29 is 22.6 Å². The van der Waals surface area contributed by atoms with Crippen molar-refractivity contribution in [3.05, 3.63) is 48.0 Å². The summed E-state index contributed by atoms with van der Waals surface area (Å²) >= 11 is 0. The normalized spacial score (nSPS) is 17.3. The van der Waals surface area contributed by atoms with E-state index in [2.05, 4.69) is 21.8 Å². The van der Waals surface area contributed by atoms with E-state index in [1.165, 1.54) is 31.9 Å². The molecule has 0 amide bonds. The number of hydrogen-bond acceptors (Lipinski definition) is 6. The summed E-state index contributed by atoms with van der Waals surface area (Å²) < 4.78 is 43.6. The number of likely N-dealkylation sites (tertiary alicyclic amines) is 1. The number of rotatable bonds is 9. The van der Waals surface area contributed by atoms with Gasteiger partial charge in [-0.2, -0.15) is 0 Å². The van der Waals surface area contributed by atoms with E-state index in [-0.39, 0.29) is 4.90 Å². The predicted molar refractivity (Wildman–Crippen MR) is 111 cm³/mol. The second-order valence-electron chi connectivity index (χ2n) is 6.88. The summed E-state index contributed by atoms with van der Waals surface area (Å²) in [5.74, 6) is 1.71. The zero-order valence-electron chi connectivity index (χ0n) is 17.1. The molecule has 1 N–H and O–H groups in total. The van der Waals surface area contributed by atoms with Gasteiger partial charge in [-0.3, -0.25) is 4.90 Å². The van der Waals surface area contributed by atoms with Gasteiger partial charge in [-0.15, -0.1) is 0 Å². The van der Waals surface area contributed by atoms with Crippen LogP contribution in [0.1, 0.15) is 24.4 Å². The van der Waals surface area contributed by atoms with Crippen molar-refractivity contribution in [1.82, 2.24) is 9.62 Å². The van der Waals surface area contributed by atoms with Crippen molar-refractivity contribution in [2.75, 3.05) is 41.0 Å². The Bertz CT molecular complexity index is 915. The second kappa shape index (κ2) is 9.47. The molecular weight excluding hydrogens is 392 g/mol. The molecule has 29 heavy (non-hydrogen) atoms. The molecule has 0 bridgehead atoms.